The van der Waals surface area contributed by atoms with Crippen molar-refractivity contribution < 1.29 is 18.3 Å². The van der Waals surface area contributed by atoms with Gasteiger partial charge in [0, 0.05) is 13.1 Å². The molecule has 1 heterocycles. The number of piperidine rings is 1. The number of rotatable bonds is 5. The lowest BCUT2D eigenvalue weighted by Gasteiger charge is -2.29. The summed E-state index contributed by atoms with van der Waals surface area (Å²) in [7, 11) is -3.48. The van der Waals surface area contributed by atoms with Crippen LogP contribution in [0.25, 0.3) is 16.8 Å². The van der Waals surface area contributed by atoms with E-state index in [-0.39, 0.29) is 12.3 Å². The van der Waals surface area contributed by atoms with Gasteiger partial charge in [0.15, 0.2) is 0 Å². The standard InChI is InChI=1S/C19H21NO4S/c21-19(22)18-8-3-11-20(14-18)25(23,24)12-4-5-15-9-10-16-6-1-2-7-17(16)13-15/h1-2,4-7,9-10,13,18H,3,8,11-12,14H2,(H,21,22). The first-order valence-corrected chi connectivity index (χ1v) is 9.92. The molecule has 0 bridgehead atoms. The topological polar surface area (TPSA) is 74.7 Å². The molecule has 3 rings (SSSR count). The van der Waals surface area contributed by atoms with Crippen LogP contribution in [0.2, 0.25) is 0 Å². The first kappa shape index (κ1) is 17.6. The summed E-state index contributed by atoms with van der Waals surface area (Å²) in [4.78, 5) is 11.1. The van der Waals surface area contributed by atoms with Crippen LogP contribution in [0, 0.1) is 5.92 Å². The lowest BCUT2D eigenvalue weighted by Crippen LogP contribution is -2.43. The summed E-state index contributed by atoms with van der Waals surface area (Å²) in [6.45, 7) is 0.470. The number of aliphatic carboxylic acids is 1. The number of hydrogen-bond donors (Lipinski definition) is 1. The molecule has 0 spiro atoms. The zero-order valence-corrected chi connectivity index (χ0v) is 14.7. The largest absolute Gasteiger partial charge is 0.481 e. The molecule has 0 aliphatic carbocycles. The lowest BCUT2D eigenvalue weighted by atomic mass is 10.0. The van der Waals surface area contributed by atoms with E-state index in [1.807, 2.05) is 42.5 Å². The highest BCUT2D eigenvalue weighted by atomic mass is 32.2. The van der Waals surface area contributed by atoms with Gasteiger partial charge >= 0.3 is 5.97 Å². The molecule has 1 aliphatic heterocycles. The van der Waals surface area contributed by atoms with Gasteiger partial charge in [-0.15, -0.1) is 0 Å². The maximum atomic E-state index is 12.4. The molecule has 0 saturated carbocycles. The predicted octanol–water partition coefficient (Wildman–Crippen LogP) is 2.98. The van der Waals surface area contributed by atoms with Gasteiger partial charge in [0.25, 0.3) is 0 Å². The summed E-state index contributed by atoms with van der Waals surface area (Å²) < 4.78 is 26.2. The van der Waals surface area contributed by atoms with E-state index in [0.717, 1.165) is 16.3 Å². The van der Waals surface area contributed by atoms with Crippen LogP contribution >= 0.6 is 0 Å². The number of sulfonamides is 1. The summed E-state index contributed by atoms with van der Waals surface area (Å²) in [5.74, 6) is -1.65. The fourth-order valence-corrected chi connectivity index (χ4v) is 4.48. The van der Waals surface area contributed by atoms with Gasteiger partial charge in [-0.3, -0.25) is 4.79 Å². The van der Waals surface area contributed by atoms with Crippen LogP contribution in [0.5, 0.6) is 0 Å². The number of fused-ring (bicyclic) bond motifs is 1. The van der Waals surface area contributed by atoms with Crippen molar-refractivity contribution >= 4 is 32.8 Å². The Kier molecular flexibility index (Phi) is 5.20. The monoisotopic (exact) mass is 359 g/mol. The van der Waals surface area contributed by atoms with Crippen molar-refractivity contribution in [1.82, 2.24) is 4.31 Å². The Morgan fingerprint density at radius 1 is 1.20 bits per heavy atom. The van der Waals surface area contributed by atoms with Crippen molar-refractivity contribution in [3.8, 4) is 0 Å². The molecule has 1 atom stereocenters. The van der Waals surface area contributed by atoms with Crippen molar-refractivity contribution in [3.63, 3.8) is 0 Å². The summed E-state index contributed by atoms with van der Waals surface area (Å²) >= 11 is 0. The molecule has 5 nitrogen and oxygen atoms in total. The number of benzene rings is 2. The first-order chi connectivity index (χ1) is 12.0. The lowest BCUT2D eigenvalue weighted by molar-refractivity contribution is -0.142. The molecule has 0 aromatic heterocycles. The average Bonchev–Trinajstić information content (AvgIpc) is 2.61. The Labute approximate surface area is 147 Å². The van der Waals surface area contributed by atoms with Gasteiger partial charge in [-0.1, -0.05) is 48.6 Å². The smallest absolute Gasteiger partial charge is 0.307 e. The zero-order valence-electron chi connectivity index (χ0n) is 13.8. The van der Waals surface area contributed by atoms with E-state index in [2.05, 4.69) is 0 Å². The third-order valence-corrected chi connectivity index (χ3v) is 6.25. The van der Waals surface area contributed by atoms with Crippen LogP contribution in [0.4, 0.5) is 0 Å². The molecule has 2 aromatic carbocycles. The third kappa shape index (κ3) is 4.27. The minimum absolute atomic E-state index is 0.0709. The zero-order chi connectivity index (χ0) is 17.9. The van der Waals surface area contributed by atoms with Crippen LogP contribution in [0.1, 0.15) is 18.4 Å². The number of nitrogens with zero attached hydrogens (tertiary/aromatic N) is 1. The molecule has 0 radical (unpaired) electrons. The third-order valence-electron chi connectivity index (χ3n) is 4.52. The summed E-state index contributed by atoms with van der Waals surface area (Å²) in [5, 5.41) is 11.3. The Balaban J connectivity index is 1.68. The van der Waals surface area contributed by atoms with Crippen LogP contribution in [0.15, 0.2) is 48.5 Å². The molecule has 132 valence electrons. The van der Waals surface area contributed by atoms with E-state index in [0.29, 0.717) is 19.4 Å². The first-order valence-electron chi connectivity index (χ1n) is 8.32. The Hall–Kier alpha value is -2.18. The van der Waals surface area contributed by atoms with E-state index in [4.69, 9.17) is 5.11 Å². The van der Waals surface area contributed by atoms with E-state index >= 15 is 0 Å². The van der Waals surface area contributed by atoms with E-state index in [9.17, 15) is 13.2 Å². The number of carboxylic acid groups (broad SMARTS) is 1. The van der Waals surface area contributed by atoms with E-state index in [1.165, 1.54) is 4.31 Å². The van der Waals surface area contributed by atoms with Gasteiger partial charge < -0.3 is 5.11 Å². The van der Waals surface area contributed by atoms with Crippen molar-refractivity contribution in [1.29, 1.82) is 0 Å². The highest BCUT2D eigenvalue weighted by molar-refractivity contribution is 7.89. The van der Waals surface area contributed by atoms with E-state index in [1.54, 1.807) is 12.2 Å². The van der Waals surface area contributed by atoms with Gasteiger partial charge in [0.2, 0.25) is 10.0 Å². The molecule has 1 N–H and O–H groups in total. The van der Waals surface area contributed by atoms with Crippen LogP contribution < -0.4 is 0 Å². The van der Waals surface area contributed by atoms with Crippen molar-refractivity contribution in [3.05, 3.63) is 54.1 Å². The maximum absolute atomic E-state index is 12.4. The normalized spacial score (nSPS) is 19.4. The summed E-state index contributed by atoms with van der Waals surface area (Å²) in [5.41, 5.74) is 0.941. The summed E-state index contributed by atoms with van der Waals surface area (Å²) in [6, 6.07) is 14.0. The highest BCUT2D eigenvalue weighted by Gasteiger charge is 2.31. The van der Waals surface area contributed by atoms with Crippen molar-refractivity contribution in [2.45, 2.75) is 12.8 Å². The SMILES string of the molecule is O=C(O)C1CCCN(S(=O)(=O)CC=Cc2ccc3ccccc3c2)C1. The molecule has 1 saturated heterocycles. The second-order valence-corrected chi connectivity index (χ2v) is 8.34. The van der Waals surface area contributed by atoms with Gasteiger partial charge in [-0.05, 0) is 35.2 Å². The Morgan fingerprint density at radius 2 is 1.96 bits per heavy atom. The number of carbonyl (C=O) groups is 1. The fourth-order valence-electron chi connectivity index (χ4n) is 3.12. The van der Waals surface area contributed by atoms with Gasteiger partial charge in [0.1, 0.15) is 0 Å². The average molecular weight is 359 g/mol. The molecular weight excluding hydrogens is 338 g/mol. The number of carboxylic acids is 1. The molecule has 2 aromatic rings. The summed E-state index contributed by atoms with van der Waals surface area (Å²) in [6.07, 6.45) is 4.55. The number of hydrogen-bond acceptors (Lipinski definition) is 3. The van der Waals surface area contributed by atoms with Gasteiger partial charge in [-0.25, -0.2) is 12.7 Å². The van der Waals surface area contributed by atoms with Gasteiger partial charge in [0.05, 0.1) is 11.7 Å². The van der Waals surface area contributed by atoms with Gasteiger partial charge in [-0.2, -0.15) is 0 Å². The molecule has 1 fully saturated rings. The Bertz CT molecular complexity index is 905. The van der Waals surface area contributed by atoms with E-state index < -0.39 is 21.9 Å². The van der Waals surface area contributed by atoms with Crippen molar-refractivity contribution in [2.75, 3.05) is 18.8 Å². The maximum Gasteiger partial charge on any atom is 0.307 e. The second-order valence-electron chi connectivity index (χ2n) is 6.32. The minimum atomic E-state index is -3.48. The molecule has 1 aliphatic rings. The minimum Gasteiger partial charge on any atom is -0.481 e. The quantitative estimate of drug-likeness (QED) is 0.891. The molecule has 25 heavy (non-hydrogen) atoms. The second kappa shape index (κ2) is 7.37. The van der Waals surface area contributed by atoms with Crippen LogP contribution in [0.3, 0.4) is 0 Å². The molecule has 6 heteroatoms. The predicted molar refractivity (Wildman–Crippen MR) is 98.7 cm³/mol. The fraction of sp³-hybridized carbons (Fsp3) is 0.316. The van der Waals surface area contributed by atoms with Crippen LogP contribution in [-0.4, -0.2) is 42.6 Å². The van der Waals surface area contributed by atoms with Crippen molar-refractivity contribution in [2.24, 2.45) is 5.92 Å². The molecule has 0 amide bonds. The Morgan fingerprint density at radius 3 is 2.72 bits per heavy atom. The molecule has 1 unspecified atom stereocenters. The van der Waals surface area contributed by atoms with Crippen LogP contribution in [-0.2, 0) is 14.8 Å². The molecular formula is C19H21NO4S. The highest BCUT2D eigenvalue weighted by Crippen LogP contribution is 2.20.